The average molecular weight is 268 g/mol. The zero-order valence-corrected chi connectivity index (χ0v) is 11.7. The molecule has 1 unspecified atom stereocenters. The molecule has 0 aliphatic carbocycles. The SMILES string of the molecule is CC(C)CC(SCCC(F)F)(C(=O)O)C(C)C. The Hall–Kier alpha value is -0.320. The molecule has 0 aromatic carbocycles. The van der Waals surface area contributed by atoms with Gasteiger partial charge in [-0.05, 0) is 24.0 Å². The summed E-state index contributed by atoms with van der Waals surface area (Å²) in [7, 11) is 0. The molecule has 17 heavy (non-hydrogen) atoms. The van der Waals surface area contributed by atoms with Crippen molar-refractivity contribution >= 4 is 17.7 Å². The summed E-state index contributed by atoms with van der Waals surface area (Å²) in [5.74, 6) is -0.549. The van der Waals surface area contributed by atoms with Crippen molar-refractivity contribution in [3.8, 4) is 0 Å². The van der Waals surface area contributed by atoms with Crippen molar-refractivity contribution in [2.75, 3.05) is 5.75 Å². The third-order valence-electron chi connectivity index (χ3n) is 2.70. The van der Waals surface area contributed by atoms with E-state index in [4.69, 9.17) is 0 Å². The van der Waals surface area contributed by atoms with Gasteiger partial charge in [-0.1, -0.05) is 27.7 Å². The molecule has 1 atom stereocenters. The number of alkyl halides is 2. The minimum absolute atomic E-state index is 0.0786. The highest BCUT2D eigenvalue weighted by molar-refractivity contribution is 8.01. The van der Waals surface area contributed by atoms with Crippen LogP contribution in [0.25, 0.3) is 0 Å². The quantitative estimate of drug-likeness (QED) is 0.725. The molecule has 2 nitrogen and oxygen atoms in total. The summed E-state index contributed by atoms with van der Waals surface area (Å²) in [5.41, 5.74) is 0. The van der Waals surface area contributed by atoms with Gasteiger partial charge in [-0.2, -0.15) is 0 Å². The van der Waals surface area contributed by atoms with Crippen LogP contribution in [0.15, 0.2) is 0 Å². The summed E-state index contributed by atoms with van der Waals surface area (Å²) in [6.45, 7) is 7.58. The molecule has 0 aliphatic rings. The van der Waals surface area contributed by atoms with E-state index >= 15 is 0 Å². The predicted octanol–water partition coefficient (Wildman–Crippen LogP) is 3.90. The van der Waals surface area contributed by atoms with Gasteiger partial charge in [0.05, 0.1) is 0 Å². The van der Waals surface area contributed by atoms with Gasteiger partial charge in [-0.25, -0.2) is 8.78 Å². The van der Waals surface area contributed by atoms with Crippen LogP contribution >= 0.6 is 11.8 Å². The van der Waals surface area contributed by atoms with Crippen LogP contribution in [0.3, 0.4) is 0 Å². The summed E-state index contributed by atoms with van der Waals surface area (Å²) in [5, 5.41) is 9.40. The number of thioether (sulfide) groups is 1. The lowest BCUT2D eigenvalue weighted by Gasteiger charge is -2.34. The highest BCUT2D eigenvalue weighted by Gasteiger charge is 2.42. The minimum Gasteiger partial charge on any atom is -0.480 e. The van der Waals surface area contributed by atoms with Gasteiger partial charge in [0.2, 0.25) is 6.43 Å². The Bertz CT molecular complexity index is 245. The van der Waals surface area contributed by atoms with Gasteiger partial charge in [0.15, 0.2) is 0 Å². The predicted molar refractivity (Wildman–Crippen MR) is 67.7 cm³/mol. The lowest BCUT2D eigenvalue weighted by molar-refractivity contribution is -0.141. The zero-order chi connectivity index (χ0) is 13.6. The van der Waals surface area contributed by atoms with Crippen LogP contribution in [0.5, 0.6) is 0 Å². The molecule has 0 rings (SSSR count). The van der Waals surface area contributed by atoms with Crippen LogP contribution in [0.1, 0.15) is 40.5 Å². The normalized spacial score (nSPS) is 15.6. The number of hydrogen-bond acceptors (Lipinski definition) is 2. The minimum atomic E-state index is -2.36. The van der Waals surface area contributed by atoms with E-state index in [1.165, 1.54) is 0 Å². The van der Waals surface area contributed by atoms with Crippen molar-refractivity contribution in [3.63, 3.8) is 0 Å². The van der Waals surface area contributed by atoms with Crippen LogP contribution in [0, 0.1) is 11.8 Å². The molecule has 0 aliphatic heterocycles. The summed E-state index contributed by atoms with van der Waals surface area (Å²) in [4.78, 5) is 11.5. The Morgan fingerprint density at radius 2 is 1.82 bits per heavy atom. The van der Waals surface area contributed by atoms with Gasteiger partial charge >= 0.3 is 5.97 Å². The van der Waals surface area contributed by atoms with Crippen molar-refractivity contribution in [2.45, 2.75) is 51.7 Å². The number of aliphatic carboxylic acids is 1. The van der Waals surface area contributed by atoms with Crippen molar-refractivity contribution in [3.05, 3.63) is 0 Å². The maximum absolute atomic E-state index is 12.1. The van der Waals surface area contributed by atoms with Gasteiger partial charge < -0.3 is 5.11 Å². The Kier molecular flexibility index (Phi) is 7.05. The lowest BCUT2D eigenvalue weighted by atomic mass is 9.86. The Balaban J connectivity index is 4.73. The number of hydrogen-bond donors (Lipinski definition) is 1. The maximum Gasteiger partial charge on any atom is 0.320 e. The molecule has 0 bridgehead atoms. The van der Waals surface area contributed by atoms with Gasteiger partial charge in [-0.3, -0.25) is 4.79 Å². The van der Waals surface area contributed by atoms with Gasteiger partial charge in [-0.15, -0.1) is 11.8 Å². The van der Waals surface area contributed by atoms with Crippen LogP contribution in [-0.4, -0.2) is 28.0 Å². The molecular formula is C12H22F2O2S. The lowest BCUT2D eigenvalue weighted by Crippen LogP contribution is -2.42. The Morgan fingerprint density at radius 1 is 1.29 bits per heavy atom. The van der Waals surface area contributed by atoms with E-state index in [2.05, 4.69) is 0 Å². The summed E-state index contributed by atoms with van der Waals surface area (Å²) >= 11 is 1.16. The Labute approximate surface area is 106 Å². The second-order valence-corrected chi connectivity index (χ2v) is 6.40. The second kappa shape index (κ2) is 7.19. The first kappa shape index (κ1) is 16.7. The molecule has 0 aromatic heterocycles. The fourth-order valence-corrected chi connectivity index (χ4v) is 3.36. The van der Waals surface area contributed by atoms with Gasteiger partial charge in [0, 0.05) is 6.42 Å². The first-order valence-corrected chi connectivity index (χ1v) is 6.86. The molecule has 102 valence electrons. The monoisotopic (exact) mass is 268 g/mol. The van der Waals surface area contributed by atoms with E-state index in [1.807, 2.05) is 27.7 Å². The summed E-state index contributed by atoms with van der Waals surface area (Å²) in [6.07, 6.45) is -2.10. The number of rotatable bonds is 8. The molecule has 0 aromatic rings. The maximum atomic E-state index is 12.1. The molecular weight excluding hydrogens is 246 g/mol. The fraction of sp³-hybridized carbons (Fsp3) is 0.917. The molecule has 0 fully saturated rings. The zero-order valence-electron chi connectivity index (χ0n) is 10.9. The molecule has 0 radical (unpaired) electrons. The van der Waals surface area contributed by atoms with Crippen molar-refractivity contribution < 1.29 is 18.7 Å². The average Bonchev–Trinajstić information content (AvgIpc) is 2.13. The van der Waals surface area contributed by atoms with Crippen LogP contribution in [0.2, 0.25) is 0 Å². The molecule has 0 saturated heterocycles. The summed E-state index contributed by atoms with van der Waals surface area (Å²) < 4.78 is 23.3. The highest BCUT2D eigenvalue weighted by atomic mass is 32.2. The molecule has 0 amide bonds. The van der Waals surface area contributed by atoms with E-state index in [0.29, 0.717) is 6.42 Å². The van der Waals surface area contributed by atoms with E-state index in [0.717, 1.165) is 11.8 Å². The van der Waals surface area contributed by atoms with Gasteiger partial charge in [0.1, 0.15) is 4.75 Å². The van der Waals surface area contributed by atoms with E-state index in [-0.39, 0.29) is 24.0 Å². The first-order chi connectivity index (χ1) is 7.72. The van der Waals surface area contributed by atoms with Gasteiger partial charge in [0.25, 0.3) is 0 Å². The molecule has 1 N–H and O–H groups in total. The number of halogens is 2. The van der Waals surface area contributed by atoms with Crippen LogP contribution in [0.4, 0.5) is 8.78 Å². The van der Waals surface area contributed by atoms with Crippen molar-refractivity contribution in [1.29, 1.82) is 0 Å². The topological polar surface area (TPSA) is 37.3 Å². The molecule has 0 saturated carbocycles. The van der Waals surface area contributed by atoms with E-state index in [9.17, 15) is 18.7 Å². The number of carboxylic acids is 1. The smallest absolute Gasteiger partial charge is 0.320 e. The third-order valence-corrected chi connectivity index (χ3v) is 4.47. The number of carbonyl (C=O) groups is 1. The van der Waals surface area contributed by atoms with E-state index in [1.54, 1.807) is 0 Å². The van der Waals surface area contributed by atoms with Crippen LogP contribution < -0.4 is 0 Å². The first-order valence-electron chi connectivity index (χ1n) is 5.88. The van der Waals surface area contributed by atoms with E-state index < -0.39 is 17.1 Å². The Morgan fingerprint density at radius 3 is 2.12 bits per heavy atom. The van der Waals surface area contributed by atoms with Crippen LogP contribution in [-0.2, 0) is 4.79 Å². The third kappa shape index (κ3) is 5.23. The second-order valence-electron chi connectivity index (χ2n) is 4.98. The largest absolute Gasteiger partial charge is 0.480 e. The van der Waals surface area contributed by atoms with Crippen molar-refractivity contribution in [1.82, 2.24) is 0 Å². The number of carboxylic acid groups (broad SMARTS) is 1. The molecule has 0 heterocycles. The summed E-state index contributed by atoms with van der Waals surface area (Å²) in [6, 6.07) is 0. The fourth-order valence-electron chi connectivity index (χ4n) is 1.79. The highest BCUT2D eigenvalue weighted by Crippen LogP contribution is 2.40. The van der Waals surface area contributed by atoms with Crippen molar-refractivity contribution in [2.24, 2.45) is 11.8 Å². The standard InChI is InChI=1S/C12H22F2O2S/c1-8(2)7-12(9(3)4,11(15)16)17-6-5-10(13)14/h8-10H,5-7H2,1-4H3,(H,15,16). The molecule has 5 heteroatoms. The molecule has 0 spiro atoms.